The van der Waals surface area contributed by atoms with Gasteiger partial charge in [0.2, 0.25) is 0 Å². The molecule has 0 saturated carbocycles. The second-order valence-electron chi connectivity index (χ2n) is 7.99. The van der Waals surface area contributed by atoms with Crippen LogP contribution in [0.25, 0.3) is 0 Å². The SMILES string of the molecule is COc1ccc(CCN2CCC(CN(C)C(=O)c3cnc(C)nc3C)CC2)cc1. The number of piperidine rings is 1. The Bertz CT molecular complexity index is 814. The van der Waals surface area contributed by atoms with Crippen molar-refractivity contribution >= 4 is 5.91 Å². The number of hydrogen-bond acceptors (Lipinski definition) is 5. The van der Waals surface area contributed by atoms with E-state index in [0.717, 1.165) is 56.9 Å². The van der Waals surface area contributed by atoms with Crippen LogP contribution in [0, 0.1) is 19.8 Å². The molecule has 29 heavy (non-hydrogen) atoms. The van der Waals surface area contributed by atoms with Crippen molar-refractivity contribution in [2.45, 2.75) is 33.1 Å². The molecule has 1 aliphatic rings. The zero-order valence-electron chi connectivity index (χ0n) is 18.0. The molecular formula is C23H32N4O2. The maximum Gasteiger partial charge on any atom is 0.257 e. The lowest BCUT2D eigenvalue weighted by atomic mass is 9.95. The Morgan fingerprint density at radius 2 is 1.90 bits per heavy atom. The smallest absolute Gasteiger partial charge is 0.257 e. The second kappa shape index (κ2) is 9.83. The Kier molecular flexibility index (Phi) is 7.20. The van der Waals surface area contributed by atoms with Gasteiger partial charge in [-0.1, -0.05) is 12.1 Å². The Morgan fingerprint density at radius 1 is 1.21 bits per heavy atom. The number of methoxy groups -OCH3 is 1. The lowest BCUT2D eigenvalue weighted by molar-refractivity contribution is 0.0738. The lowest BCUT2D eigenvalue weighted by Crippen LogP contribution is -2.40. The second-order valence-corrected chi connectivity index (χ2v) is 7.99. The zero-order chi connectivity index (χ0) is 20.8. The van der Waals surface area contributed by atoms with Crippen LogP contribution in [0.2, 0.25) is 0 Å². The van der Waals surface area contributed by atoms with E-state index in [0.29, 0.717) is 17.3 Å². The molecule has 1 aliphatic heterocycles. The third kappa shape index (κ3) is 5.76. The molecule has 2 aromatic rings. The van der Waals surface area contributed by atoms with Crippen molar-refractivity contribution in [3.8, 4) is 5.75 Å². The predicted octanol–water partition coefficient (Wildman–Crippen LogP) is 3.13. The number of aromatic nitrogens is 2. The molecule has 0 N–H and O–H groups in total. The van der Waals surface area contributed by atoms with Crippen LogP contribution in [0.5, 0.6) is 5.75 Å². The molecule has 6 heteroatoms. The highest BCUT2D eigenvalue weighted by molar-refractivity contribution is 5.94. The quantitative estimate of drug-likeness (QED) is 0.720. The van der Waals surface area contributed by atoms with Crippen molar-refractivity contribution in [3.05, 3.63) is 53.1 Å². The number of nitrogens with zero attached hydrogens (tertiary/aromatic N) is 4. The van der Waals surface area contributed by atoms with Gasteiger partial charge in [-0.2, -0.15) is 0 Å². The number of benzene rings is 1. The number of aryl methyl sites for hydroxylation is 2. The van der Waals surface area contributed by atoms with Crippen LogP contribution in [0.4, 0.5) is 0 Å². The number of carbonyl (C=O) groups is 1. The van der Waals surface area contributed by atoms with Crippen molar-refractivity contribution < 1.29 is 9.53 Å². The molecule has 0 unspecified atom stereocenters. The van der Waals surface area contributed by atoms with E-state index in [2.05, 4.69) is 27.0 Å². The van der Waals surface area contributed by atoms with E-state index in [1.54, 1.807) is 13.3 Å². The van der Waals surface area contributed by atoms with Crippen LogP contribution < -0.4 is 4.74 Å². The fourth-order valence-corrected chi connectivity index (χ4v) is 3.94. The normalized spacial score (nSPS) is 15.3. The molecule has 3 rings (SSSR count). The fourth-order valence-electron chi connectivity index (χ4n) is 3.94. The van der Waals surface area contributed by atoms with Gasteiger partial charge in [-0.15, -0.1) is 0 Å². The maximum atomic E-state index is 12.7. The highest BCUT2D eigenvalue weighted by atomic mass is 16.5. The van der Waals surface area contributed by atoms with Crippen LogP contribution in [0.1, 0.15) is 40.3 Å². The van der Waals surface area contributed by atoms with Gasteiger partial charge in [0.15, 0.2) is 0 Å². The van der Waals surface area contributed by atoms with Gasteiger partial charge in [0.1, 0.15) is 11.6 Å². The Morgan fingerprint density at radius 3 is 2.52 bits per heavy atom. The summed E-state index contributed by atoms with van der Waals surface area (Å²) in [6, 6.07) is 8.33. The molecule has 0 radical (unpaired) electrons. The van der Waals surface area contributed by atoms with E-state index < -0.39 is 0 Å². The summed E-state index contributed by atoms with van der Waals surface area (Å²) in [5.74, 6) is 2.17. The van der Waals surface area contributed by atoms with Gasteiger partial charge >= 0.3 is 0 Å². The summed E-state index contributed by atoms with van der Waals surface area (Å²) in [7, 11) is 3.58. The highest BCUT2D eigenvalue weighted by Gasteiger charge is 2.23. The van der Waals surface area contributed by atoms with Crippen molar-refractivity contribution in [1.29, 1.82) is 0 Å². The number of rotatable bonds is 7. The molecule has 0 aliphatic carbocycles. The largest absolute Gasteiger partial charge is 0.497 e. The zero-order valence-corrected chi connectivity index (χ0v) is 18.0. The first-order valence-corrected chi connectivity index (χ1v) is 10.4. The first kappa shape index (κ1) is 21.2. The van der Waals surface area contributed by atoms with Crippen molar-refractivity contribution in [1.82, 2.24) is 19.8 Å². The average Bonchev–Trinajstić information content (AvgIpc) is 2.73. The Hall–Kier alpha value is -2.47. The number of hydrogen-bond donors (Lipinski definition) is 0. The van der Waals surface area contributed by atoms with E-state index in [1.807, 2.05) is 37.9 Å². The van der Waals surface area contributed by atoms with Crippen molar-refractivity contribution in [2.24, 2.45) is 5.92 Å². The van der Waals surface area contributed by atoms with Crippen LogP contribution in [-0.2, 0) is 6.42 Å². The van der Waals surface area contributed by atoms with Crippen molar-refractivity contribution in [2.75, 3.05) is 40.3 Å². The third-order valence-electron chi connectivity index (χ3n) is 5.79. The number of amides is 1. The minimum absolute atomic E-state index is 0.0180. The molecule has 1 saturated heterocycles. The Balaban J connectivity index is 1.43. The predicted molar refractivity (Wildman–Crippen MR) is 114 cm³/mol. The molecule has 1 aromatic heterocycles. The van der Waals surface area contributed by atoms with E-state index in [1.165, 1.54) is 5.56 Å². The van der Waals surface area contributed by atoms with Gasteiger partial charge in [0, 0.05) is 26.3 Å². The van der Waals surface area contributed by atoms with Crippen LogP contribution >= 0.6 is 0 Å². The van der Waals surface area contributed by atoms with E-state index in [4.69, 9.17) is 4.74 Å². The topological polar surface area (TPSA) is 58.6 Å². The van der Waals surface area contributed by atoms with Gasteiger partial charge in [-0.3, -0.25) is 4.79 Å². The summed E-state index contributed by atoms with van der Waals surface area (Å²) >= 11 is 0. The first-order chi connectivity index (χ1) is 14.0. The molecule has 156 valence electrons. The standard InChI is InChI=1S/C23H32N4O2/c1-17-22(15-24-18(2)25-17)23(28)26(3)16-20-10-13-27(14-11-20)12-9-19-5-7-21(29-4)8-6-19/h5-8,15,20H,9-14,16H2,1-4H3. The molecule has 1 aromatic carbocycles. The van der Waals surface area contributed by atoms with Gasteiger partial charge < -0.3 is 14.5 Å². The maximum absolute atomic E-state index is 12.7. The fraction of sp³-hybridized carbons (Fsp3) is 0.522. The molecule has 2 heterocycles. The number of carbonyl (C=O) groups excluding carboxylic acids is 1. The van der Waals surface area contributed by atoms with Gasteiger partial charge in [-0.25, -0.2) is 9.97 Å². The van der Waals surface area contributed by atoms with E-state index in [9.17, 15) is 4.79 Å². The summed E-state index contributed by atoms with van der Waals surface area (Å²) < 4.78 is 5.22. The van der Waals surface area contributed by atoms with Gasteiger partial charge in [-0.05, 0) is 69.8 Å². The van der Waals surface area contributed by atoms with Gasteiger partial charge in [0.25, 0.3) is 5.91 Å². The highest BCUT2D eigenvalue weighted by Crippen LogP contribution is 2.20. The number of likely N-dealkylation sites (tertiary alicyclic amines) is 1. The molecule has 0 bridgehead atoms. The summed E-state index contributed by atoms with van der Waals surface area (Å²) in [5.41, 5.74) is 2.70. The molecular weight excluding hydrogens is 364 g/mol. The average molecular weight is 397 g/mol. The summed E-state index contributed by atoms with van der Waals surface area (Å²) in [6.07, 6.45) is 4.96. The number of ether oxygens (including phenoxy) is 1. The monoisotopic (exact) mass is 396 g/mol. The molecule has 0 atom stereocenters. The van der Waals surface area contributed by atoms with E-state index in [-0.39, 0.29) is 5.91 Å². The van der Waals surface area contributed by atoms with Gasteiger partial charge in [0.05, 0.1) is 18.4 Å². The molecule has 6 nitrogen and oxygen atoms in total. The summed E-state index contributed by atoms with van der Waals surface area (Å²) in [5, 5.41) is 0. The molecule has 1 amide bonds. The summed E-state index contributed by atoms with van der Waals surface area (Å²) in [4.78, 5) is 25.6. The molecule has 0 spiro atoms. The van der Waals surface area contributed by atoms with E-state index >= 15 is 0 Å². The summed E-state index contributed by atoms with van der Waals surface area (Å²) in [6.45, 7) is 7.77. The minimum Gasteiger partial charge on any atom is -0.497 e. The lowest BCUT2D eigenvalue weighted by Gasteiger charge is -2.34. The molecule has 1 fully saturated rings. The van der Waals surface area contributed by atoms with Crippen LogP contribution in [0.15, 0.2) is 30.5 Å². The third-order valence-corrected chi connectivity index (χ3v) is 5.79. The Labute approximate surface area is 173 Å². The van der Waals surface area contributed by atoms with Crippen LogP contribution in [0.3, 0.4) is 0 Å². The van der Waals surface area contributed by atoms with Crippen LogP contribution in [-0.4, -0.2) is 66.0 Å². The first-order valence-electron chi connectivity index (χ1n) is 10.4. The minimum atomic E-state index is 0.0180. The van der Waals surface area contributed by atoms with Crippen molar-refractivity contribution in [3.63, 3.8) is 0 Å².